The lowest BCUT2D eigenvalue weighted by Gasteiger charge is -2.12. The number of halogens is 3. The molecular weight excluding hydrogens is 195 g/mol. The molecule has 1 rings (SSSR count). The molecule has 0 fully saturated rings. The lowest BCUT2D eigenvalue weighted by Crippen LogP contribution is -2.27. The average Bonchev–Trinajstić information content (AvgIpc) is 2.48. The molecule has 0 saturated heterocycles. The Kier molecular flexibility index (Phi) is 2.89. The molecule has 0 radical (unpaired) electrons. The van der Waals surface area contributed by atoms with Crippen molar-refractivity contribution in [2.24, 2.45) is 5.73 Å². The summed E-state index contributed by atoms with van der Waals surface area (Å²) in [6.07, 6.45) is -3.14. The van der Waals surface area contributed by atoms with Gasteiger partial charge in [-0.25, -0.2) is 0 Å². The Morgan fingerprint density at radius 1 is 1.36 bits per heavy atom. The molecule has 2 N–H and O–H groups in total. The van der Waals surface area contributed by atoms with Crippen molar-refractivity contribution in [1.29, 1.82) is 0 Å². The molecule has 0 bridgehead atoms. The first-order valence-electron chi connectivity index (χ1n) is 4.23. The zero-order valence-electron chi connectivity index (χ0n) is 7.93. The van der Waals surface area contributed by atoms with Crippen LogP contribution in [0.4, 0.5) is 13.2 Å². The van der Waals surface area contributed by atoms with Gasteiger partial charge in [-0.1, -0.05) is 13.8 Å². The van der Waals surface area contributed by atoms with Gasteiger partial charge in [-0.3, -0.25) is 0 Å². The number of alkyl halides is 3. The molecule has 0 aliphatic carbocycles. The Morgan fingerprint density at radius 3 is 2.29 bits per heavy atom. The molecule has 0 aromatic carbocycles. The van der Waals surface area contributed by atoms with Crippen molar-refractivity contribution in [3.05, 3.63) is 23.7 Å². The van der Waals surface area contributed by atoms with E-state index in [9.17, 15) is 13.2 Å². The maximum atomic E-state index is 12.2. The van der Waals surface area contributed by atoms with E-state index in [-0.39, 0.29) is 11.7 Å². The highest BCUT2D eigenvalue weighted by molar-refractivity contribution is 5.19. The quantitative estimate of drug-likeness (QED) is 0.809. The molecular formula is C9H12F3NO. The molecule has 0 saturated carbocycles. The summed E-state index contributed by atoms with van der Waals surface area (Å²) in [5.41, 5.74) is 5.69. The Labute approximate surface area is 79.9 Å². The monoisotopic (exact) mass is 207 g/mol. The zero-order valence-corrected chi connectivity index (χ0v) is 7.93. The summed E-state index contributed by atoms with van der Waals surface area (Å²) in [5.74, 6) is -0.103. The van der Waals surface area contributed by atoms with Crippen LogP contribution in [0.25, 0.3) is 0 Å². The fourth-order valence-electron chi connectivity index (χ4n) is 0.996. The van der Waals surface area contributed by atoms with Crippen LogP contribution in [0.3, 0.4) is 0 Å². The van der Waals surface area contributed by atoms with Gasteiger partial charge in [-0.15, -0.1) is 0 Å². The standard InChI is InChI=1S/C9H12F3NO/c1-5(2)6-3-7(14-4-6)8(13)9(10,11)12/h3-5,8H,13H2,1-2H3/t8-/m0/s1. The van der Waals surface area contributed by atoms with Crippen molar-refractivity contribution < 1.29 is 17.6 Å². The number of hydrogen-bond acceptors (Lipinski definition) is 2. The highest BCUT2D eigenvalue weighted by Crippen LogP contribution is 2.32. The molecule has 0 amide bonds. The fraction of sp³-hybridized carbons (Fsp3) is 0.556. The third kappa shape index (κ3) is 2.29. The minimum absolute atomic E-state index is 0.132. The second-order valence-corrected chi connectivity index (χ2v) is 3.46. The van der Waals surface area contributed by atoms with Crippen LogP contribution in [0.1, 0.15) is 37.1 Å². The minimum Gasteiger partial charge on any atom is -0.467 e. The smallest absolute Gasteiger partial charge is 0.410 e. The third-order valence-corrected chi connectivity index (χ3v) is 1.97. The summed E-state index contributed by atoms with van der Waals surface area (Å²) in [7, 11) is 0. The van der Waals surface area contributed by atoms with Gasteiger partial charge in [0.25, 0.3) is 0 Å². The largest absolute Gasteiger partial charge is 0.467 e. The number of furan rings is 1. The van der Waals surface area contributed by atoms with E-state index in [0.717, 1.165) is 5.56 Å². The second kappa shape index (κ2) is 3.65. The first-order valence-corrected chi connectivity index (χ1v) is 4.23. The van der Waals surface area contributed by atoms with Crippen molar-refractivity contribution in [2.75, 3.05) is 0 Å². The molecule has 0 aliphatic heterocycles. The van der Waals surface area contributed by atoms with Crippen LogP contribution in [0.2, 0.25) is 0 Å². The summed E-state index contributed by atoms with van der Waals surface area (Å²) >= 11 is 0. The molecule has 1 aromatic heterocycles. The molecule has 0 spiro atoms. The maximum absolute atomic E-state index is 12.2. The Hall–Kier alpha value is -0.970. The van der Waals surface area contributed by atoms with E-state index in [1.54, 1.807) is 0 Å². The normalized spacial score (nSPS) is 14.8. The van der Waals surface area contributed by atoms with E-state index < -0.39 is 12.2 Å². The van der Waals surface area contributed by atoms with Crippen LogP contribution < -0.4 is 5.73 Å². The summed E-state index contributed by atoms with van der Waals surface area (Å²) < 4.78 is 41.2. The summed E-state index contributed by atoms with van der Waals surface area (Å²) in [6.45, 7) is 3.74. The molecule has 2 nitrogen and oxygen atoms in total. The lowest BCUT2D eigenvalue weighted by molar-refractivity contribution is -0.152. The molecule has 0 unspecified atom stereocenters. The SMILES string of the molecule is CC(C)c1coc([C@H](N)C(F)(F)F)c1. The van der Waals surface area contributed by atoms with Crippen molar-refractivity contribution in [3.63, 3.8) is 0 Å². The molecule has 80 valence electrons. The van der Waals surface area contributed by atoms with E-state index in [4.69, 9.17) is 10.2 Å². The minimum atomic E-state index is -4.45. The van der Waals surface area contributed by atoms with E-state index >= 15 is 0 Å². The summed E-state index contributed by atoms with van der Waals surface area (Å²) in [6, 6.07) is -0.682. The highest BCUT2D eigenvalue weighted by Gasteiger charge is 2.40. The summed E-state index contributed by atoms with van der Waals surface area (Å²) in [4.78, 5) is 0. The van der Waals surface area contributed by atoms with Gasteiger partial charge in [-0.2, -0.15) is 13.2 Å². The highest BCUT2D eigenvalue weighted by atomic mass is 19.4. The molecule has 1 atom stereocenters. The molecule has 1 heterocycles. The van der Waals surface area contributed by atoms with Crippen molar-refractivity contribution >= 4 is 0 Å². The van der Waals surface area contributed by atoms with Crippen LogP contribution >= 0.6 is 0 Å². The summed E-state index contributed by atoms with van der Waals surface area (Å²) in [5, 5.41) is 0. The fourth-order valence-corrected chi connectivity index (χ4v) is 0.996. The van der Waals surface area contributed by atoms with E-state index in [2.05, 4.69) is 0 Å². The van der Waals surface area contributed by atoms with Gasteiger partial charge in [0.2, 0.25) is 0 Å². The van der Waals surface area contributed by atoms with Crippen LogP contribution in [0.15, 0.2) is 16.7 Å². The molecule has 1 aromatic rings. The number of nitrogens with two attached hydrogens (primary N) is 1. The zero-order chi connectivity index (χ0) is 10.9. The van der Waals surface area contributed by atoms with Crippen LogP contribution in [-0.4, -0.2) is 6.18 Å². The van der Waals surface area contributed by atoms with Gasteiger partial charge >= 0.3 is 6.18 Å². The van der Waals surface area contributed by atoms with Crippen molar-refractivity contribution in [2.45, 2.75) is 32.0 Å². The number of hydrogen-bond donors (Lipinski definition) is 1. The maximum Gasteiger partial charge on any atom is 0.410 e. The number of rotatable bonds is 2. The van der Waals surface area contributed by atoms with Crippen molar-refractivity contribution in [3.8, 4) is 0 Å². The molecule has 14 heavy (non-hydrogen) atoms. The predicted molar refractivity (Wildman–Crippen MR) is 45.8 cm³/mol. The Morgan fingerprint density at radius 2 is 1.93 bits per heavy atom. The van der Waals surface area contributed by atoms with Gasteiger partial charge in [0.1, 0.15) is 5.76 Å². The van der Waals surface area contributed by atoms with Gasteiger partial charge in [-0.05, 0) is 17.5 Å². The van der Waals surface area contributed by atoms with Crippen LogP contribution in [0.5, 0.6) is 0 Å². The van der Waals surface area contributed by atoms with Gasteiger partial charge in [0.15, 0.2) is 6.04 Å². The first kappa shape index (κ1) is 11.1. The predicted octanol–water partition coefficient (Wildman–Crippen LogP) is 2.97. The van der Waals surface area contributed by atoms with Crippen LogP contribution in [0, 0.1) is 0 Å². The van der Waals surface area contributed by atoms with E-state index in [0.29, 0.717) is 0 Å². The lowest BCUT2D eigenvalue weighted by atomic mass is 10.1. The molecule has 5 heteroatoms. The first-order chi connectivity index (χ1) is 6.32. The molecule has 0 aliphatic rings. The van der Waals surface area contributed by atoms with Crippen molar-refractivity contribution in [1.82, 2.24) is 0 Å². The van der Waals surface area contributed by atoms with Gasteiger partial charge in [0, 0.05) is 0 Å². The van der Waals surface area contributed by atoms with E-state index in [1.807, 2.05) is 13.8 Å². The second-order valence-electron chi connectivity index (χ2n) is 3.46. The topological polar surface area (TPSA) is 39.2 Å². The van der Waals surface area contributed by atoms with E-state index in [1.165, 1.54) is 12.3 Å². The Balaban J connectivity index is 2.87. The van der Waals surface area contributed by atoms with Gasteiger partial charge in [0.05, 0.1) is 6.26 Å². The van der Waals surface area contributed by atoms with Crippen LogP contribution in [-0.2, 0) is 0 Å². The average molecular weight is 207 g/mol. The Bertz CT molecular complexity index is 303. The van der Waals surface area contributed by atoms with Gasteiger partial charge < -0.3 is 10.2 Å². The third-order valence-electron chi connectivity index (χ3n) is 1.97.